The van der Waals surface area contributed by atoms with Crippen LogP contribution in [-0.2, 0) is 21.5 Å². The quantitative estimate of drug-likeness (QED) is 0.575. The summed E-state index contributed by atoms with van der Waals surface area (Å²) in [4.78, 5) is 11.4. The molecule has 0 bridgehead atoms. The van der Waals surface area contributed by atoms with Crippen molar-refractivity contribution in [3.05, 3.63) is 42.3 Å². The fourth-order valence-corrected chi connectivity index (χ4v) is 1.89. The summed E-state index contributed by atoms with van der Waals surface area (Å²) in [5.41, 5.74) is 0.997. The molecule has 0 saturated heterocycles. The lowest BCUT2D eigenvalue weighted by Gasteiger charge is -2.04. The van der Waals surface area contributed by atoms with Gasteiger partial charge in [-0.05, 0) is 18.4 Å². The molecule has 0 saturated carbocycles. The standard InChI is InChI=1S/C12H16NO4S/c14-12(8-4-5-9-18(15,16)17)13-10-11-6-2-1-3-7-11/h1-3,6-8H,4-5,9-10H2,(H,13,14)(H,15,16,17). The van der Waals surface area contributed by atoms with Crippen LogP contribution in [0.2, 0.25) is 0 Å². The average molecular weight is 270 g/mol. The van der Waals surface area contributed by atoms with Crippen molar-refractivity contribution in [3.8, 4) is 0 Å². The van der Waals surface area contributed by atoms with E-state index in [0.717, 1.165) is 5.56 Å². The Bertz CT molecular complexity index is 470. The van der Waals surface area contributed by atoms with E-state index in [1.165, 1.54) is 6.42 Å². The Hall–Kier alpha value is -1.40. The van der Waals surface area contributed by atoms with E-state index >= 15 is 0 Å². The highest BCUT2D eigenvalue weighted by Gasteiger charge is 2.06. The van der Waals surface area contributed by atoms with Crippen LogP contribution in [0.5, 0.6) is 0 Å². The van der Waals surface area contributed by atoms with Gasteiger partial charge in [0.25, 0.3) is 10.1 Å². The van der Waals surface area contributed by atoms with Gasteiger partial charge in [-0.3, -0.25) is 9.35 Å². The van der Waals surface area contributed by atoms with Gasteiger partial charge in [-0.1, -0.05) is 30.3 Å². The average Bonchev–Trinajstić information content (AvgIpc) is 2.32. The van der Waals surface area contributed by atoms with Gasteiger partial charge >= 0.3 is 0 Å². The molecule has 0 aliphatic rings. The number of hydrogen-bond donors (Lipinski definition) is 2. The lowest BCUT2D eigenvalue weighted by molar-refractivity contribution is -0.118. The van der Waals surface area contributed by atoms with Crippen molar-refractivity contribution in [2.75, 3.05) is 5.75 Å². The number of amides is 1. The minimum absolute atomic E-state index is 0.234. The van der Waals surface area contributed by atoms with Gasteiger partial charge < -0.3 is 5.32 Å². The monoisotopic (exact) mass is 270 g/mol. The number of nitrogens with one attached hydrogen (secondary N) is 1. The van der Waals surface area contributed by atoms with Gasteiger partial charge in [-0.2, -0.15) is 8.42 Å². The lowest BCUT2D eigenvalue weighted by Crippen LogP contribution is -2.23. The summed E-state index contributed by atoms with van der Waals surface area (Å²) in [6.45, 7) is 0.439. The summed E-state index contributed by atoms with van der Waals surface area (Å²) < 4.78 is 29.3. The molecular weight excluding hydrogens is 254 g/mol. The SMILES string of the molecule is O=C([CH]CCCS(=O)(=O)O)NCc1ccccc1. The van der Waals surface area contributed by atoms with E-state index in [2.05, 4.69) is 5.32 Å². The van der Waals surface area contributed by atoms with E-state index in [1.807, 2.05) is 30.3 Å². The van der Waals surface area contributed by atoms with Crippen molar-refractivity contribution < 1.29 is 17.8 Å². The highest BCUT2D eigenvalue weighted by atomic mass is 32.2. The Morgan fingerprint density at radius 3 is 2.56 bits per heavy atom. The van der Waals surface area contributed by atoms with Gasteiger partial charge in [0.1, 0.15) is 0 Å². The van der Waals surface area contributed by atoms with Crippen molar-refractivity contribution >= 4 is 16.0 Å². The number of carbonyl (C=O) groups is 1. The van der Waals surface area contributed by atoms with Crippen LogP contribution in [0.3, 0.4) is 0 Å². The van der Waals surface area contributed by atoms with Crippen LogP contribution in [0.4, 0.5) is 0 Å². The zero-order valence-corrected chi connectivity index (χ0v) is 10.7. The first kappa shape index (κ1) is 14.7. The second-order valence-electron chi connectivity index (χ2n) is 3.84. The van der Waals surface area contributed by atoms with Crippen LogP contribution >= 0.6 is 0 Å². The van der Waals surface area contributed by atoms with Crippen LogP contribution < -0.4 is 5.32 Å². The third-order valence-corrected chi connectivity index (χ3v) is 3.05. The molecule has 0 aromatic heterocycles. The molecule has 99 valence electrons. The molecule has 1 rings (SSSR count). The maximum Gasteiger partial charge on any atom is 0.264 e. The second-order valence-corrected chi connectivity index (χ2v) is 5.41. The maximum atomic E-state index is 11.4. The van der Waals surface area contributed by atoms with Crippen molar-refractivity contribution in [1.29, 1.82) is 0 Å². The summed E-state index contributed by atoms with van der Waals surface area (Å²) in [6.07, 6.45) is 1.94. The molecule has 1 radical (unpaired) electrons. The second kappa shape index (κ2) is 7.13. The molecule has 1 aromatic carbocycles. The van der Waals surface area contributed by atoms with Crippen LogP contribution in [0, 0.1) is 6.42 Å². The molecule has 0 spiro atoms. The van der Waals surface area contributed by atoms with Gasteiger partial charge in [0.15, 0.2) is 0 Å². The minimum atomic E-state index is -3.93. The molecular formula is C12H16NO4S. The summed E-state index contributed by atoms with van der Waals surface area (Å²) in [6, 6.07) is 9.47. The Labute approximate surface area is 107 Å². The van der Waals surface area contributed by atoms with E-state index in [0.29, 0.717) is 13.0 Å². The number of unbranched alkanes of at least 4 members (excludes halogenated alkanes) is 1. The van der Waals surface area contributed by atoms with Gasteiger partial charge in [0, 0.05) is 13.0 Å². The molecule has 1 amide bonds. The first-order valence-corrected chi connectivity index (χ1v) is 7.18. The predicted octanol–water partition coefficient (Wildman–Crippen LogP) is 1.18. The maximum absolute atomic E-state index is 11.4. The molecule has 6 heteroatoms. The molecule has 1 aromatic rings. The summed E-state index contributed by atoms with van der Waals surface area (Å²) >= 11 is 0. The molecule has 0 fully saturated rings. The summed E-state index contributed by atoms with van der Waals surface area (Å²) in [5, 5.41) is 2.69. The fourth-order valence-electron chi connectivity index (χ4n) is 1.36. The van der Waals surface area contributed by atoms with Gasteiger partial charge in [-0.25, -0.2) is 0 Å². The van der Waals surface area contributed by atoms with Gasteiger partial charge in [0.2, 0.25) is 5.91 Å². The van der Waals surface area contributed by atoms with E-state index in [1.54, 1.807) is 0 Å². The minimum Gasteiger partial charge on any atom is -0.352 e. The third-order valence-electron chi connectivity index (χ3n) is 2.25. The highest BCUT2D eigenvalue weighted by Crippen LogP contribution is 2.00. The Balaban J connectivity index is 2.15. The first-order chi connectivity index (χ1) is 8.47. The topological polar surface area (TPSA) is 83.5 Å². The molecule has 0 aliphatic carbocycles. The van der Waals surface area contributed by atoms with Crippen LogP contribution in [-0.4, -0.2) is 24.6 Å². The number of benzene rings is 1. The highest BCUT2D eigenvalue weighted by molar-refractivity contribution is 7.85. The Morgan fingerprint density at radius 2 is 1.94 bits per heavy atom. The molecule has 5 nitrogen and oxygen atoms in total. The first-order valence-electron chi connectivity index (χ1n) is 5.57. The van der Waals surface area contributed by atoms with Crippen LogP contribution in [0.25, 0.3) is 0 Å². The Morgan fingerprint density at radius 1 is 1.28 bits per heavy atom. The number of carbonyl (C=O) groups excluding carboxylic acids is 1. The largest absolute Gasteiger partial charge is 0.352 e. The van der Waals surface area contributed by atoms with Crippen LogP contribution in [0.1, 0.15) is 18.4 Å². The van der Waals surface area contributed by atoms with Gasteiger partial charge in [-0.15, -0.1) is 0 Å². The Kier molecular flexibility index (Phi) is 5.80. The van der Waals surface area contributed by atoms with Crippen LogP contribution in [0.15, 0.2) is 30.3 Å². The van der Waals surface area contributed by atoms with Crippen molar-refractivity contribution in [1.82, 2.24) is 5.32 Å². The van der Waals surface area contributed by atoms with E-state index in [9.17, 15) is 13.2 Å². The van der Waals surface area contributed by atoms with E-state index in [4.69, 9.17) is 4.55 Å². The molecule has 18 heavy (non-hydrogen) atoms. The normalized spacial score (nSPS) is 11.2. The molecule has 0 aliphatic heterocycles. The zero-order chi connectivity index (χ0) is 13.4. The fraction of sp³-hybridized carbons (Fsp3) is 0.333. The smallest absolute Gasteiger partial charge is 0.264 e. The summed E-state index contributed by atoms with van der Waals surface area (Å²) in [7, 11) is -3.93. The molecule has 0 unspecified atom stereocenters. The lowest BCUT2D eigenvalue weighted by atomic mass is 10.2. The van der Waals surface area contributed by atoms with Gasteiger partial charge in [0.05, 0.1) is 5.75 Å². The molecule has 0 heterocycles. The molecule has 2 N–H and O–H groups in total. The summed E-state index contributed by atoms with van der Waals surface area (Å²) in [5.74, 6) is -0.565. The van der Waals surface area contributed by atoms with Crippen molar-refractivity contribution in [2.24, 2.45) is 0 Å². The predicted molar refractivity (Wildman–Crippen MR) is 68.2 cm³/mol. The van der Waals surface area contributed by atoms with Crippen molar-refractivity contribution in [2.45, 2.75) is 19.4 Å². The molecule has 0 atom stereocenters. The number of rotatable bonds is 7. The van der Waals surface area contributed by atoms with Crippen molar-refractivity contribution in [3.63, 3.8) is 0 Å². The van der Waals surface area contributed by atoms with E-state index < -0.39 is 10.1 Å². The number of hydrogen-bond acceptors (Lipinski definition) is 3. The third kappa shape index (κ3) is 7.03. The zero-order valence-electron chi connectivity index (χ0n) is 9.87. The van der Waals surface area contributed by atoms with E-state index in [-0.39, 0.29) is 18.1 Å².